The van der Waals surface area contributed by atoms with Crippen molar-refractivity contribution < 1.29 is 33.4 Å². The van der Waals surface area contributed by atoms with Crippen molar-refractivity contribution in [3.63, 3.8) is 0 Å². The predicted molar refractivity (Wildman–Crippen MR) is 244 cm³/mol. The van der Waals surface area contributed by atoms with Gasteiger partial charge < -0.3 is 44.1 Å². The Hall–Kier alpha value is -5.78. The van der Waals surface area contributed by atoms with Crippen LogP contribution in [0.3, 0.4) is 0 Å². The van der Waals surface area contributed by atoms with E-state index in [1.165, 1.54) is 12.6 Å². The van der Waals surface area contributed by atoms with E-state index >= 15 is 0 Å². The number of carbonyl (C=O) groups excluding carboxylic acids is 4. The first-order valence-electron chi connectivity index (χ1n) is 22.7. The Morgan fingerprint density at radius 1 is 0.954 bits per heavy atom. The van der Waals surface area contributed by atoms with Gasteiger partial charge in [0.2, 0.25) is 17.8 Å². The average molecular weight is 910 g/mol. The second kappa shape index (κ2) is 18.6. The SMILES string of the molecule is CNC(=O)COc1cc2cc(Nc3nc(N4CCC(OC5CC(N6CCC(c7cc8c(c(OC)c7)C(=O)N(C7CCC(=O)NC7=O)C8)CC6)C5)CC4)ncc3Cl)ccc2n(C(C)C)c1=O. The van der Waals surface area contributed by atoms with Gasteiger partial charge in [-0.2, -0.15) is 4.98 Å². The quantitative estimate of drug-likeness (QED) is 0.151. The molecule has 17 nitrogen and oxygen atoms in total. The molecule has 65 heavy (non-hydrogen) atoms. The van der Waals surface area contributed by atoms with Crippen LogP contribution in [0.15, 0.2) is 47.4 Å². The molecule has 2 aromatic heterocycles. The van der Waals surface area contributed by atoms with E-state index in [1.807, 2.05) is 38.1 Å². The van der Waals surface area contributed by atoms with Gasteiger partial charge in [0.25, 0.3) is 17.4 Å². The maximum Gasteiger partial charge on any atom is 0.293 e. The molecular formula is C47H56ClN9O8. The molecule has 4 aromatic rings. The molecule has 0 bridgehead atoms. The number of fused-ring (bicyclic) bond motifs is 2. The molecule has 3 N–H and O–H groups in total. The number of piperidine rings is 3. The number of likely N-dealkylation sites (N-methyl/N-ethyl adjacent to an activating group) is 1. The summed E-state index contributed by atoms with van der Waals surface area (Å²) in [6, 6.07) is 11.1. The molecule has 4 fully saturated rings. The van der Waals surface area contributed by atoms with Crippen molar-refractivity contribution in [1.82, 2.24) is 35.0 Å². The van der Waals surface area contributed by atoms with Gasteiger partial charge in [-0.05, 0) is 119 Å². The third kappa shape index (κ3) is 9.10. The predicted octanol–water partition coefficient (Wildman–Crippen LogP) is 5.06. The summed E-state index contributed by atoms with van der Waals surface area (Å²) < 4.78 is 19.6. The number of carbonyl (C=O) groups is 4. The Morgan fingerprint density at radius 3 is 2.43 bits per heavy atom. The molecular weight excluding hydrogens is 854 g/mol. The fourth-order valence-corrected chi connectivity index (χ4v) is 10.2. The monoisotopic (exact) mass is 909 g/mol. The lowest BCUT2D eigenvalue weighted by molar-refractivity contribution is -0.137. The number of benzene rings is 2. The average Bonchev–Trinajstić information content (AvgIpc) is 3.62. The highest BCUT2D eigenvalue weighted by atomic mass is 35.5. The molecule has 2 aromatic carbocycles. The molecule has 6 heterocycles. The highest BCUT2D eigenvalue weighted by Crippen LogP contribution is 2.41. The van der Waals surface area contributed by atoms with Crippen LogP contribution in [0.4, 0.5) is 17.5 Å². The third-order valence-electron chi connectivity index (χ3n) is 13.7. The normalized spacial score (nSPS) is 21.9. The number of hydrogen-bond donors (Lipinski definition) is 3. The molecule has 4 amide bonds. The second-order valence-electron chi connectivity index (χ2n) is 18.0. The second-order valence-corrected chi connectivity index (χ2v) is 18.4. The zero-order chi connectivity index (χ0) is 45.5. The molecule has 0 spiro atoms. The van der Waals surface area contributed by atoms with Crippen LogP contribution in [0.2, 0.25) is 5.02 Å². The molecule has 1 aliphatic carbocycles. The van der Waals surface area contributed by atoms with Crippen molar-refractivity contribution in [3.05, 3.63) is 74.7 Å². The standard InChI is InChI=1S/C47H56ClN9O8/c1-26(2)57-36-6-5-31(18-29(36)20-39(45(57)61)64-25-41(59)49-3)51-43-35(48)23-50-47(53-43)55-15-11-33(12-16-55)65-34-21-32(22-34)54-13-9-27(10-14-54)28-17-30-24-56(37-7-8-40(58)52-44(37)60)46(62)42(30)38(19-28)63-4/h5-6,17-20,23,26-27,32-34,37H,7-16,21-22,24-25H2,1-4H3,(H,49,59)(H,50,51,53)(H,52,58,60). The first-order chi connectivity index (χ1) is 31.4. The number of ether oxygens (including phenoxy) is 3. The van der Waals surface area contributed by atoms with Gasteiger partial charge in [-0.15, -0.1) is 0 Å². The van der Waals surface area contributed by atoms with Crippen LogP contribution >= 0.6 is 11.6 Å². The number of rotatable bonds is 13. The summed E-state index contributed by atoms with van der Waals surface area (Å²) in [7, 11) is 3.10. The van der Waals surface area contributed by atoms with E-state index in [9.17, 15) is 24.0 Å². The number of imide groups is 1. The van der Waals surface area contributed by atoms with Crippen LogP contribution in [-0.4, -0.2) is 119 Å². The van der Waals surface area contributed by atoms with Crippen molar-refractivity contribution >= 4 is 63.6 Å². The minimum atomic E-state index is -0.658. The number of amides is 4. The highest BCUT2D eigenvalue weighted by Gasteiger charge is 2.42. The van der Waals surface area contributed by atoms with Crippen LogP contribution in [0, 0.1) is 0 Å². The summed E-state index contributed by atoms with van der Waals surface area (Å²) in [4.78, 5) is 78.6. The highest BCUT2D eigenvalue weighted by molar-refractivity contribution is 6.33. The zero-order valence-electron chi connectivity index (χ0n) is 37.2. The number of hydrogen-bond acceptors (Lipinski definition) is 13. The van der Waals surface area contributed by atoms with Crippen molar-refractivity contribution in [1.29, 1.82) is 0 Å². The van der Waals surface area contributed by atoms with E-state index in [0.717, 1.165) is 81.2 Å². The minimum absolute atomic E-state index is 0.0926. The zero-order valence-corrected chi connectivity index (χ0v) is 38.0. The fraction of sp³-hybridized carbons (Fsp3) is 0.511. The Bertz CT molecular complexity index is 2560. The van der Waals surface area contributed by atoms with Gasteiger partial charge in [-0.25, -0.2) is 4.98 Å². The minimum Gasteiger partial charge on any atom is -0.496 e. The molecule has 4 aliphatic heterocycles. The Balaban J connectivity index is 0.750. The largest absolute Gasteiger partial charge is 0.496 e. The number of halogens is 1. The molecule has 18 heteroatoms. The first-order valence-corrected chi connectivity index (χ1v) is 23.1. The molecule has 5 aliphatic rings. The topological polar surface area (TPSA) is 190 Å². The molecule has 9 rings (SSSR count). The smallest absolute Gasteiger partial charge is 0.293 e. The number of anilines is 3. The lowest BCUT2D eigenvalue weighted by Crippen LogP contribution is -2.52. The van der Waals surface area contributed by atoms with Gasteiger partial charge in [-0.3, -0.25) is 29.3 Å². The number of likely N-dealkylation sites (tertiary alicyclic amines) is 1. The van der Waals surface area contributed by atoms with Crippen LogP contribution < -0.4 is 35.9 Å². The number of methoxy groups -OCH3 is 1. The summed E-state index contributed by atoms with van der Waals surface area (Å²) in [5.41, 5.74) is 3.71. The fourth-order valence-electron chi connectivity index (χ4n) is 10.1. The van der Waals surface area contributed by atoms with E-state index in [4.69, 9.17) is 30.8 Å². The maximum atomic E-state index is 13.5. The van der Waals surface area contributed by atoms with Gasteiger partial charge >= 0.3 is 0 Å². The lowest BCUT2D eigenvalue weighted by atomic mass is 9.83. The van der Waals surface area contributed by atoms with Crippen molar-refractivity contribution in [2.24, 2.45) is 0 Å². The van der Waals surface area contributed by atoms with Crippen molar-refractivity contribution in [2.75, 3.05) is 57.2 Å². The van der Waals surface area contributed by atoms with Gasteiger partial charge in [0.1, 0.15) is 16.8 Å². The Labute approximate surface area is 382 Å². The number of nitrogens with zero attached hydrogens (tertiary/aromatic N) is 6. The van der Waals surface area contributed by atoms with Crippen LogP contribution in [-0.2, 0) is 25.7 Å². The first kappa shape index (κ1) is 44.4. The summed E-state index contributed by atoms with van der Waals surface area (Å²) >= 11 is 6.61. The Kier molecular flexibility index (Phi) is 12.7. The molecule has 1 unspecified atom stereocenters. The molecule has 1 saturated carbocycles. The number of aromatic nitrogens is 3. The van der Waals surface area contributed by atoms with E-state index in [0.29, 0.717) is 58.7 Å². The molecule has 3 saturated heterocycles. The third-order valence-corrected chi connectivity index (χ3v) is 14.0. The van der Waals surface area contributed by atoms with Gasteiger partial charge in [0, 0.05) is 56.3 Å². The van der Waals surface area contributed by atoms with E-state index in [-0.39, 0.29) is 60.3 Å². The molecule has 344 valence electrons. The van der Waals surface area contributed by atoms with Gasteiger partial charge in [0.15, 0.2) is 18.2 Å². The molecule has 1 atom stereocenters. The summed E-state index contributed by atoms with van der Waals surface area (Å²) in [6.45, 7) is 7.43. The number of pyridine rings is 1. The van der Waals surface area contributed by atoms with Crippen molar-refractivity contribution in [2.45, 2.75) is 108 Å². The van der Waals surface area contributed by atoms with E-state index in [1.54, 1.807) is 28.8 Å². The van der Waals surface area contributed by atoms with Crippen LogP contribution in [0.1, 0.15) is 98.7 Å². The summed E-state index contributed by atoms with van der Waals surface area (Å²) in [5.74, 6) is 0.779. The van der Waals surface area contributed by atoms with Crippen LogP contribution in [0.25, 0.3) is 10.9 Å². The van der Waals surface area contributed by atoms with E-state index in [2.05, 4.69) is 36.8 Å². The van der Waals surface area contributed by atoms with Gasteiger partial charge in [0.05, 0.1) is 36.6 Å². The summed E-state index contributed by atoms with van der Waals surface area (Å²) in [6.07, 6.45) is 8.40. The van der Waals surface area contributed by atoms with Crippen LogP contribution in [0.5, 0.6) is 11.5 Å². The number of nitrogens with one attached hydrogen (secondary N) is 3. The Morgan fingerprint density at radius 2 is 1.72 bits per heavy atom. The van der Waals surface area contributed by atoms with E-state index < -0.39 is 11.9 Å². The molecule has 0 radical (unpaired) electrons. The van der Waals surface area contributed by atoms with Crippen molar-refractivity contribution in [3.8, 4) is 11.5 Å². The summed E-state index contributed by atoms with van der Waals surface area (Å²) in [5, 5.41) is 9.35. The van der Waals surface area contributed by atoms with Gasteiger partial charge in [-0.1, -0.05) is 17.7 Å². The maximum absolute atomic E-state index is 13.5. The lowest BCUT2D eigenvalue weighted by Gasteiger charge is -2.47.